The first-order valence-electron chi connectivity index (χ1n) is 8.73. The number of halogens is 3. The molecular weight excluding hydrogens is 437 g/mol. The summed E-state index contributed by atoms with van der Waals surface area (Å²) < 4.78 is 59.7. The van der Waals surface area contributed by atoms with Gasteiger partial charge in [-0.15, -0.1) is 0 Å². The number of fused-ring (bicyclic) bond motifs is 1. The van der Waals surface area contributed by atoms with Gasteiger partial charge in [0.05, 0.1) is 35.3 Å². The number of ether oxygens (including phenoxy) is 1. The van der Waals surface area contributed by atoms with Crippen LogP contribution < -0.4 is 9.46 Å². The number of hydrogen-bond donors (Lipinski definition) is 1. The monoisotopic (exact) mass is 452 g/mol. The molecule has 1 aromatic heterocycles. The molecule has 30 heavy (non-hydrogen) atoms. The van der Waals surface area contributed by atoms with Gasteiger partial charge in [0.15, 0.2) is 16.2 Å². The van der Waals surface area contributed by atoms with Crippen LogP contribution in [-0.4, -0.2) is 38.8 Å². The first-order valence-corrected chi connectivity index (χ1v) is 10.9. The highest BCUT2D eigenvalue weighted by atomic mass is 32.2. The van der Waals surface area contributed by atoms with Crippen molar-refractivity contribution in [2.45, 2.75) is 11.1 Å². The second-order valence-electron chi connectivity index (χ2n) is 6.22. The summed E-state index contributed by atoms with van der Waals surface area (Å²) in [6, 6.07) is 8.26. The fraction of sp³-hybridized carbons (Fsp3) is 0.211. The lowest BCUT2D eigenvalue weighted by Crippen LogP contribution is -2.21. The van der Waals surface area contributed by atoms with Crippen LogP contribution in [0, 0.1) is 0 Å². The number of hydrogen-bond acceptors (Lipinski definition) is 6. The predicted molar refractivity (Wildman–Crippen MR) is 111 cm³/mol. The van der Waals surface area contributed by atoms with Crippen LogP contribution in [0.1, 0.15) is 5.56 Å². The van der Waals surface area contributed by atoms with Gasteiger partial charge < -0.3 is 4.74 Å². The van der Waals surface area contributed by atoms with Gasteiger partial charge in [-0.25, -0.2) is 14.2 Å². The van der Waals surface area contributed by atoms with E-state index in [1.54, 1.807) is 18.2 Å². The van der Waals surface area contributed by atoms with Crippen LogP contribution in [0.25, 0.3) is 22.2 Å². The van der Waals surface area contributed by atoms with E-state index in [0.717, 1.165) is 17.9 Å². The molecule has 0 saturated heterocycles. The number of nitrogens with zero attached hydrogens (tertiary/aromatic N) is 3. The fourth-order valence-corrected chi connectivity index (χ4v) is 4.74. The number of nitrogens with one attached hydrogen (secondary N) is 1. The topological polar surface area (TPSA) is 76.5 Å². The maximum Gasteiger partial charge on any atom is 0.416 e. The van der Waals surface area contributed by atoms with Crippen LogP contribution in [0.2, 0.25) is 0 Å². The van der Waals surface area contributed by atoms with E-state index in [4.69, 9.17) is 4.74 Å². The third kappa shape index (κ3) is 4.12. The van der Waals surface area contributed by atoms with Crippen molar-refractivity contribution in [1.82, 2.24) is 14.7 Å². The smallest absolute Gasteiger partial charge is 0.416 e. The van der Waals surface area contributed by atoms with Gasteiger partial charge in [-0.3, -0.25) is 9.71 Å². The normalized spacial score (nSPS) is 15.1. The Morgan fingerprint density at radius 2 is 2.00 bits per heavy atom. The van der Waals surface area contributed by atoms with Crippen LogP contribution in [-0.2, 0) is 17.2 Å². The first kappa shape index (κ1) is 20.6. The zero-order valence-electron chi connectivity index (χ0n) is 15.6. The molecule has 6 nitrogen and oxygen atoms in total. The first-order chi connectivity index (χ1) is 14.4. The molecule has 1 aliphatic heterocycles. The minimum Gasteiger partial charge on any atom is -0.496 e. The molecule has 2 heterocycles. The number of rotatable bonds is 4. The van der Waals surface area contributed by atoms with Crippen molar-refractivity contribution in [2.75, 3.05) is 19.4 Å². The lowest BCUT2D eigenvalue weighted by molar-refractivity contribution is -0.137. The van der Waals surface area contributed by atoms with Gasteiger partial charge in [-0.1, -0.05) is 11.8 Å². The van der Waals surface area contributed by atoms with Crippen molar-refractivity contribution < 1.29 is 22.1 Å². The van der Waals surface area contributed by atoms with E-state index in [-0.39, 0.29) is 5.75 Å². The molecule has 0 bridgehead atoms. The average molecular weight is 452 g/mol. The summed E-state index contributed by atoms with van der Waals surface area (Å²) in [6.07, 6.45) is -3.17. The van der Waals surface area contributed by atoms with Crippen molar-refractivity contribution in [3.05, 3.63) is 48.3 Å². The number of aromatic nitrogens is 2. The lowest BCUT2D eigenvalue weighted by Gasteiger charge is -2.14. The number of amidine groups is 1. The molecule has 0 amide bonds. The van der Waals surface area contributed by atoms with E-state index in [9.17, 15) is 17.4 Å². The second-order valence-corrected chi connectivity index (χ2v) is 8.52. The van der Waals surface area contributed by atoms with E-state index in [2.05, 4.69) is 19.7 Å². The Kier molecular flexibility index (Phi) is 5.65. The van der Waals surface area contributed by atoms with Gasteiger partial charge in [0.1, 0.15) is 12.1 Å². The predicted octanol–water partition coefficient (Wildman–Crippen LogP) is 4.04. The van der Waals surface area contributed by atoms with Gasteiger partial charge in [0.25, 0.3) is 0 Å². The van der Waals surface area contributed by atoms with Gasteiger partial charge in [-0.05, 0) is 36.4 Å². The molecule has 11 heteroatoms. The highest BCUT2D eigenvalue weighted by Crippen LogP contribution is 2.38. The maximum atomic E-state index is 13.0. The van der Waals surface area contributed by atoms with E-state index in [1.165, 1.54) is 31.3 Å². The molecule has 1 N–H and O–H groups in total. The molecule has 0 radical (unpaired) electrons. The van der Waals surface area contributed by atoms with E-state index in [0.29, 0.717) is 38.8 Å². The molecule has 1 aliphatic rings. The van der Waals surface area contributed by atoms with Crippen molar-refractivity contribution in [1.29, 1.82) is 0 Å². The van der Waals surface area contributed by atoms with E-state index < -0.39 is 22.7 Å². The Morgan fingerprint density at radius 3 is 2.70 bits per heavy atom. The number of methoxy groups -OCH3 is 1. The molecule has 156 valence electrons. The molecule has 2 aromatic carbocycles. The van der Waals surface area contributed by atoms with Crippen molar-refractivity contribution >= 4 is 38.8 Å². The number of benzene rings is 2. The molecular formula is C19H15F3N4O2S2. The summed E-state index contributed by atoms with van der Waals surface area (Å²) in [7, 11) is -0.207. The molecule has 0 aliphatic carbocycles. The average Bonchev–Trinajstić information content (AvgIpc) is 3.24. The molecule has 0 fully saturated rings. The standard InChI is InChI=1S/C19H15F3N4O2S2/c1-28-16-8-11(19(20,21)22)2-4-14(16)17-13-5-3-12(9-15(13)24-10-25-17)30(27)26-18-23-6-7-29-18/h2-5,8-10H,6-7H2,1H3,(H,23,26). The molecule has 4 rings (SSSR count). The summed E-state index contributed by atoms with van der Waals surface area (Å²) in [5, 5.41) is 1.23. The number of alkyl halides is 3. The van der Waals surface area contributed by atoms with Crippen LogP contribution in [0.4, 0.5) is 13.2 Å². The van der Waals surface area contributed by atoms with Crippen molar-refractivity contribution in [3.8, 4) is 17.0 Å². The van der Waals surface area contributed by atoms with Crippen molar-refractivity contribution in [2.24, 2.45) is 4.99 Å². The Bertz CT molecular complexity index is 1170. The van der Waals surface area contributed by atoms with Crippen LogP contribution in [0.3, 0.4) is 0 Å². The van der Waals surface area contributed by atoms with Crippen molar-refractivity contribution in [3.63, 3.8) is 0 Å². The molecule has 1 unspecified atom stereocenters. The summed E-state index contributed by atoms with van der Waals surface area (Å²) in [6.45, 7) is 0.688. The Balaban J connectivity index is 1.73. The summed E-state index contributed by atoms with van der Waals surface area (Å²) in [5.41, 5.74) is 0.529. The quantitative estimate of drug-likeness (QED) is 0.647. The Hall–Kier alpha value is -2.66. The third-order valence-electron chi connectivity index (χ3n) is 4.37. The zero-order chi connectivity index (χ0) is 21.3. The Labute approximate surface area is 176 Å². The summed E-state index contributed by atoms with van der Waals surface area (Å²) in [4.78, 5) is 13.2. The number of aliphatic imine (C=N–C) groups is 1. The van der Waals surface area contributed by atoms with Gasteiger partial charge in [-0.2, -0.15) is 13.2 Å². The maximum absolute atomic E-state index is 13.0. The summed E-state index contributed by atoms with van der Waals surface area (Å²) >= 11 is 1.50. The minimum absolute atomic E-state index is 0.0513. The molecule has 0 saturated carbocycles. The molecule has 0 spiro atoms. The highest BCUT2D eigenvalue weighted by Gasteiger charge is 2.31. The zero-order valence-corrected chi connectivity index (χ0v) is 17.2. The highest BCUT2D eigenvalue weighted by molar-refractivity contribution is 8.15. The number of thioether (sulfide) groups is 1. The Morgan fingerprint density at radius 1 is 1.17 bits per heavy atom. The van der Waals surface area contributed by atoms with Gasteiger partial charge in [0.2, 0.25) is 0 Å². The van der Waals surface area contributed by atoms with E-state index in [1.807, 2.05) is 0 Å². The molecule has 3 aromatic rings. The van der Waals surface area contributed by atoms with Crippen LogP contribution in [0.15, 0.2) is 52.6 Å². The minimum atomic E-state index is -4.48. The largest absolute Gasteiger partial charge is 0.496 e. The van der Waals surface area contributed by atoms with E-state index >= 15 is 0 Å². The van der Waals surface area contributed by atoms with Gasteiger partial charge in [0, 0.05) is 16.7 Å². The van der Waals surface area contributed by atoms with Gasteiger partial charge >= 0.3 is 6.18 Å². The second kappa shape index (κ2) is 8.23. The third-order valence-corrected chi connectivity index (χ3v) is 6.45. The fourth-order valence-electron chi connectivity index (χ4n) is 2.97. The summed E-state index contributed by atoms with van der Waals surface area (Å²) in [5.74, 6) is 0.901. The SMILES string of the molecule is COc1cc(C(F)(F)F)ccc1-c1ncnc2cc(S(=O)NC3=NCCS3)ccc12. The van der Waals surface area contributed by atoms with Crippen LogP contribution >= 0.6 is 11.8 Å². The lowest BCUT2D eigenvalue weighted by atomic mass is 10.0. The van der Waals surface area contributed by atoms with Crippen LogP contribution in [0.5, 0.6) is 5.75 Å². The molecule has 1 atom stereocenters.